The summed E-state index contributed by atoms with van der Waals surface area (Å²) >= 11 is 0. The van der Waals surface area contributed by atoms with Crippen LogP contribution in [-0.2, 0) is 0 Å². The molecule has 0 saturated heterocycles. The van der Waals surface area contributed by atoms with Crippen molar-refractivity contribution in [3.63, 3.8) is 0 Å². The van der Waals surface area contributed by atoms with Gasteiger partial charge in [-0.1, -0.05) is 115 Å². The first kappa shape index (κ1) is 29.3. The molecular formula is C48H35N3. The van der Waals surface area contributed by atoms with Crippen LogP contribution in [-0.4, -0.2) is 13.7 Å². The summed E-state index contributed by atoms with van der Waals surface area (Å²) in [6.45, 7) is 4.37. The second-order valence-electron chi connectivity index (χ2n) is 13.3. The van der Waals surface area contributed by atoms with Gasteiger partial charge in [-0.25, -0.2) is 0 Å². The van der Waals surface area contributed by atoms with E-state index in [1.807, 2.05) is 0 Å². The first-order chi connectivity index (χ1) is 25.2. The van der Waals surface area contributed by atoms with Gasteiger partial charge in [0.05, 0.1) is 33.3 Å². The summed E-state index contributed by atoms with van der Waals surface area (Å²) in [5.74, 6) is 0. The molecule has 10 rings (SSSR count). The van der Waals surface area contributed by atoms with E-state index in [9.17, 15) is 0 Å². The minimum atomic E-state index is 1.15. The summed E-state index contributed by atoms with van der Waals surface area (Å²) in [4.78, 5) is 0. The van der Waals surface area contributed by atoms with Crippen LogP contribution in [0.25, 0.3) is 88.8 Å². The molecule has 10 aromatic rings. The number of hydrogen-bond acceptors (Lipinski definition) is 0. The molecule has 0 unspecified atom stereocenters. The van der Waals surface area contributed by atoms with E-state index in [1.165, 1.54) is 88.3 Å². The average molecular weight is 654 g/mol. The van der Waals surface area contributed by atoms with E-state index in [1.54, 1.807) is 0 Å². The smallest absolute Gasteiger partial charge is 0.0548 e. The zero-order valence-corrected chi connectivity index (χ0v) is 28.6. The van der Waals surface area contributed by atoms with Gasteiger partial charge in [0.2, 0.25) is 0 Å². The minimum absolute atomic E-state index is 1.15. The molecule has 0 bridgehead atoms. The largest absolute Gasteiger partial charge is 0.313 e. The van der Waals surface area contributed by atoms with Gasteiger partial charge in [0.1, 0.15) is 0 Å². The summed E-state index contributed by atoms with van der Waals surface area (Å²) in [5.41, 5.74) is 14.4. The summed E-state index contributed by atoms with van der Waals surface area (Å²) in [6, 6.07) is 59.5. The van der Waals surface area contributed by atoms with Crippen molar-refractivity contribution in [3.8, 4) is 28.2 Å². The van der Waals surface area contributed by atoms with E-state index >= 15 is 0 Å². The lowest BCUT2D eigenvalue weighted by Crippen LogP contribution is -1.99. The molecule has 0 radical (unpaired) electrons. The van der Waals surface area contributed by atoms with Crippen LogP contribution in [0, 0.1) is 6.92 Å². The number of aromatic nitrogens is 3. The Morgan fingerprint density at radius 2 is 1.00 bits per heavy atom. The van der Waals surface area contributed by atoms with Gasteiger partial charge in [0, 0.05) is 55.1 Å². The number of fused-ring (bicyclic) bond motifs is 8. The molecule has 3 nitrogen and oxygen atoms in total. The van der Waals surface area contributed by atoms with E-state index in [2.05, 4.69) is 203 Å². The fourth-order valence-corrected chi connectivity index (χ4v) is 8.46. The molecule has 0 atom stereocenters. The molecule has 0 aliphatic carbocycles. The Balaban J connectivity index is 1.22. The quantitative estimate of drug-likeness (QED) is 0.176. The maximum atomic E-state index is 2.45. The van der Waals surface area contributed by atoms with Crippen LogP contribution in [0.2, 0.25) is 0 Å². The highest BCUT2D eigenvalue weighted by Gasteiger charge is 2.22. The monoisotopic (exact) mass is 653 g/mol. The summed E-state index contributed by atoms with van der Waals surface area (Å²) < 4.78 is 7.28. The Bertz CT molecular complexity index is 2930. The molecule has 0 N–H and O–H groups in total. The van der Waals surface area contributed by atoms with Gasteiger partial charge in [-0.05, 0) is 80.1 Å². The van der Waals surface area contributed by atoms with Crippen molar-refractivity contribution < 1.29 is 0 Å². The maximum absolute atomic E-state index is 2.45. The van der Waals surface area contributed by atoms with E-state index in [-0.39, 0.29) is 0 Å². The number of rotatable bonds is 5. The third kappa shape index (κ3) is 4.31. The van der Waals surface area contributed by atoms with E-state index in [0.717, 1.165) is 5.69 Å². The normalized spacial score (nSPS) is 12.0. The fourth-order valence-electron chi connectivity index (χ4n) is 8.46. The summed E-state index contributed by atoms with van der Waals surface area (Å²) in [5, 5.41) is 6.36. The molecule has 242 valence electrons. The molecule has 0 aliphatic rings. The highest BCUT2D eigenvalue weighted by molar-refractivity contribution is 6.23. The third-order valence-electron chi connectivity index (χ3n) is 10.5. The Labute approximate surface area is 296 Å². The topological polar surface area (TPSA) is 14.8 Å². The highest BCUT2D eigenvalue weighted by Crippen LogP contribution is 2.42. The zero-order chi connectivity index (χ0) is 34.1. The highest BCUT2D eigenvalue weighted by atomic mass is 15.0. The molecule has 3 aromatic heterocycles. The molecular weight excluding hydrogens is 619 g/mol. The Morgan fingerprint density at radius 3 is 1.71 bits per heavy atom. The van der Waals surface area contributed by atoms with Gasteiger partial charge in [-0.2, -0.15) is 0 Å². The number of allylic oxidation sites excluding steroid dienone is 1. The second-order valence-corrected chi connectivity index (χ2v) is 13.3. The fraction of sp³-hybridized carbons (Fsp3) is 0.0417. The lowest BCUT2D eigenvalue weighted by atomic mass is 10.0. The molecule has 0 aliphatic heterocycles. The predicted octanol–water partition coefficient (Wildman–Crippen LogP) is 12.8. The molecule has 3 heterocycles. The van der Waals surface area contributed by atoms with Crippen LogP contribution in [0.15, 0.2) is 170 Å². The molecule has 0 saturated carbocycles. The standard InChI is InChI=1S/C48H35N3/c1-3-16-36-32(2)49(45-29-30-46-48(47(36)45)40-24-10-14-28-44(40)50(46)34-18-5-4-6-19-34)35-20-15-17-33(31-35)37-21-7-11-25-41(37)51-42-26-12-8-22-38(42)39-23-9-13-27-43(39)51/h3-31H,1-2H3/b16-3-. The summed E-state index contributed by atoms with van der Waals surface area (Å²) in [6.07, 6.45) is 4.45. The van der Waals surface area contributed by atoms with Crippen molar-refractivity contribution in [2.75, 3.05) is 0 Å². The van der Waals surface area contributed by atoms with Crippen molar-refractivity contribution in [2.24, 2.45) is 0 Å². The van der Waals surface area contributed by atoms with Crippen molar-refractivity contribution in [1.82, 2.24) is 13.7 Å². The maximum Gasteiger partial charge on any atom is 0.0548 e. The minimum Gasteiger partial charge on any atom is -0.313 e. The van der Waals surface area contributed by atoms with Gasteiger partial charge in [-0.3, -0.25) is 0 Å². The van der Waals surface area contributed by atoms with Crippen LogP contribution < -0.4 is 0 Å². The Morgan fingerprint density at radius 1 is 0.431 bits per heavy atom. The second kappa shape index (κ2) is 11.5. The van der Waals surface area contributed by atoms with Gasteiger partial charge in [0.15, 0.2) is 0 Å². The predicted molar refractivity (Wildman–Crippen MR) is 217 cm³/mol. The van der Waals surface area contributed by atoms with Gasteiger partial charge < -0.3 is 13.7 Å². The molecule has 0 spiro atoms. The molecule has 3 heteroatoms. The van der Waals surface area contributed by atoms with Crippen molar-refractivity contribution in [2.45, 2.75) is 13.8 Å². The SMILES string of the molecule is C/C=C\c1c(C)n(-c2cccc(-c3ccccc3-n3c4ccccc4c4ccccc43)c2)c2ccc3c(c4ccccc4n3-c3ccccc3)c12. The van der Waals surface area contributed by atoms with Crippen LogP contribution in [0.4, 0.5) is 0 Å². The van der Waals surface area contributed by atoms with Crippen molar-refractivity contribution >= 4 is 60.6 Å². The van der Waals surface area contributed by atoms with E-state index < -0.39 is 0 Å². The third-order valence-corrected chi connectivity index (χ3v) is 10.5. The molecule has 0 fully saturated rings. The van der Waals surface area contributed by atoms with Crippen LogP contribution in [0.1, 0.15) is 18.2 Å². The van der Waals surface area contributed by atoms with E-state index in [4.69, 9.17) is 0 Å². The lowest BCUT2D eigenvalue weighted by molar-refractivity contribution is 1.05. The van der Waals surface area contributed by atoms with Crippen LogP contribution >= 0.6 is 0 Å². The first-order valence-electron chi connectivity index (χ1n) is 17.7. The van der Waals surface area contributed by atoms with Crippen LogP contribution in [0.5, 0.6) is 0 Å². The van der Waals surface area contributed by atoms with Crippen LogP contribution in [0.3, 0.4) is 0 Å². The summed E-state index contributed by atoms with van der Waals surface area (Å²) in [7, 11) is 0. The molecule has 7 aromatic carbocycles. The van der Waals surface area contributed by atoms with Crippen molar-refractivity contribution in [1.29, 1.82) is 0 Å². The van der Waals surface area contributed by atoms with Gasteiger partial charge in [0.25, 0.3) is 0 Å². The molecule has 0 amide bonds. The Kier molecular flexibility index (Phi) is 6.62. The average Bonchev–Trinajstić information content (AvgIpc) is 3.80. The number of hydrogen-bond donors (Lipinski definition) is 0. The number of benzene rings is 7. The van der Waals surface area contributed by atoms with Gasteiger partial charge in [-0.15, -0.1) is 0 Å². The molecule has 51 heavy (non-hydrogen) atoms. The zero-order valence-electron chi connectivity index (χ0n) is 28.6. The first-order valence-corrected chi connectivity index (χ1v) is 17.7. The number of para-hydroxylation sites is 5. The van der Waals surface area contributed by atoms with Gasteiger partial charge >= 0.3 is 0 Å². The lowest BCUT2D eigenvalue weighted by Gasteiger charge is -2.16. The number of nitrogens with zero attached hydrogens (tertiary/aromatic N) is 3. The van der Waals surface area contributed by atoms with E-state index in [0.29, 0.717) is 0 Å². The Hall–Kier alpha value is -6.58. The van der Waals surface area contributed by atoms with Crippen molar-refractivity contribution in [3.05, 3.63) is 181 Å².